The fourth-order valence-electron chi connectivity index (χ4n) is 3.87. The lowest BCUT2D eigenvalue weighted by atomic mass is 9.94. The zero-order valence-electron chi connectivity index (χ0n) is 15.5. The third-order valence-electron chi connectivity index (χ3n) is 5.36. The first-order valence-electron chi connectivity index (χ1n) is 9.42. The van der Waals surface area contributed by atoms with Crippen LogP contribution in [-0.2, 0) is 15.0 Å². The largest absolute Gasteiger partial charge is 0.422 e. The standard InChI is InChI=1S/C17H24N6O4S/c18-28(25,26)23-9-7-21(8-10-23)15(24)11-13-3-2-6-22(12-13)17-20-16-14(27-17)4-1-5-19-16/h1,4-5,13H,2-3,6-12H2,(H2,18,25,26). The smallest absolute Gasteiger partial charge is 0.299 e. The molecule has 4 heterocycles. The van der Waals surface area contributed by atoms with Crippen molar-refractivity contribution >= 4 is 33.4 Å². The molecule has 2 aliphatic rings. The van der Waals surface area contributed by atoms with E-state index in [1.165, 1.54) is 4.31 Å². The molecule has 0 radical (unpaired) electrons. The molecule has 10 nitrogen and oxygen atoms in total. The zero-order chi connectivity index (χ0) is 19.7. The van der Waals surface area contributed by atoms with E-state index >= 15 is 0 Å². The Balaban J connectivity index is 1.34. The number of piperazine rings is 1. The Bertz CT molecular complexity index is 920. The molecule has 4 rings (SSSR count). The highest BCUT2D eigenvalue weighted by Crippen LogP contribution is 2.27. The average Bonchev–Trinajstić information content (AvgIpc) is 3.12. The molecule has 1 amide bonds. The van der Waals surface area contributed by atoms with Gasteiger partial charge in [0, 0.05) is 51.9 Å². The topological polar surface area (TPSA) is 126 Å². The molecule has 2 aromatic heterocycles. The van der Waals surface area contributed by atoms with Gasteiger partial charge in [-0.15, -0.1) is 0 Å². The Hall–Kier alpha value is -2.24. The molecule has 152 valence electrons. The fourth-order valence-corrected chi connectivity index (χ4v) is 4.54. The van der Waals surface area contributed by atoms with Crippen molar-refractivity contribution in [1.29, 1.82) is 0 Å². The molecule has 0 saturated carbocycles. The lowest BCUT2D eigenvalue weighted by Gasteiger charge is -2.35. The number of fused-ring (bicyclic) bond motifs is 1. The van der Waals surface area contributed by atoms with Crippen LogP contribution in [0.5, 0.6) is 0 Å². The monoisotopic (exact) mass is 408 g/mol. The highest BCUT2D eigenvalue weighted by molar-refractivity contribution is 7.86. The summed E-state index contributed by atoms with van der Waals surface area (Å²) in [4.78, 5) is 25.1. The van der Waals surface area contributed by atoms with Gasteiger partial charge in [0.15, 0.2) is 5.58 Å². The van der Waals surface area contributed by atoms with Crippen LogP contribution in [0, 0.1) is 5.92 Å². The summed E-state index contributed by atoms with van der Waals surface area (Å²) in [6, 6.07) is 4.20. The minimum absolute atomic E-state index is 0.0557. The maximum absolute atomic E-state index is 12.7. The van der Waals surface area contributed by atoms with E-state index < -0.39 is 10.2 Å². The quantitative estimate of drug-likeness (QED) is 0.764. The SMILES string of the molecule is NS(=O)(=O)N1CCN(C(=O)CC2CCCN(c3nc4ncccc4o3)C2)CC1. The second kappa shape index (κ2) is 7.64. The highest BCUT2D eigenvalue weighted by Gasteiger charge is 2.30. The third kappa shape index (κ3) is 4.10. The second-order valence-corrected chi connectivity index (χ2v) is 8.85. The number of anilines is 1. The van der Waals surface area contributed by atoms with Crippen LogP contribution in [-0.4, -0.2) is 72.8 Å². The van der Waals surface area contributed by atoms with Crippen LogP contribution in [0.3, 0.4) is 0 Å². The molecule has 1 unspecified atom stereocenters. The summed E-state index contributed by atoms with van der Waals surface area (Å²) in [5, 5.41) is 5.15. The summed E-state index contributed by atoms with van der Waals surface area (Å²) < 4.78 is 29.8. The van der Waals surface area contributed by atoms with E-state index in [1.807, 2.05) is 12.1 Å². The van der Waals surface area contributed by atoms with Crippen molar-refractivity contribution in [1.82, 2.24) is 19.2 Å². The summed E-state index contributed by atoms with van der Waals surface area (Å²) in [5.41, 5.74) is 1.24. The summed E-state index contributed by atoms with van der Waals surface area (Å²) >= 11 is 0. The molecule has 2 aliphatic heterocycles. The Morgan fingerprint density at radius 3 is 2.75 bits per heavy atom. The Kier molecular flexibility index (Phi) is 5.21. The van der Waals surface area contributed by atoms with E-state index in [0.717, 1.165) is 19.4 Å². The molecule has 0 spiro atoms. The summed E-state index contributed by atoms with van der Waals surface area (Å²) in [6.07, 6.45) is 4.05. The number of carbonyl (C=O) groups excluding carboxylic acids is 1. The Morgan fingerprint density at radius 2 is 2.04 bits per heavy atom. The van der Waals surface area contributed by atoms with E-state index in [1.54, 1.807) is 11.1 Å². The van der Waals surface area contributed by atoms with Gasteiger partial charge in [0.1, 0.15) is 0 Å². The molecule has 28 heavy (non-hydrogen) atoms. The maximum atomic E-state index is 12.7. The van der Waals surface area contributed by atoms with Crippen molar-refractivity contribution in [3.63, 3.8) is 0 Å². The number of rotatable bonds is 4. The van der Waals surface area contributed by atoms with Crippen LogP contribution < -0.4 is 10.0 Å². The minimum Gasteiger partial charge on any atom is -0.422 e. The molecule has 0 aliphatic carbocycles. The minimum atomic E-state index is -3.69. The number of pyridine rings is 1. The molecule has 11 heteroatoms. The number of hydrogen-bond donors (Lipinski definition) is 1. The van der Waals surface area contributed by atoms with E-state index in [4.69, 9.17) is 9.56 Å². The maximum Gasteiger partial charge on any atom is 0.299 e. The van der Waals surface area contributed by atoms with Crippen LogP contribution in [0.1, 0.15) is 19.3 Å². The predicted octanol–water partition coefficient (Wildman–Crippen LogP) is 0.177. The number of oxazole rings is 1. The molecule has 0 aromatic carbocycles. The summed E-state index contributed by atoms with van der Waals surface area (Å²) in [7, 11) is -3.69. The number of nitrogens with two attached hydrogens (primary N) is 1. The first kappa shape index (κ1) is 19.1. The van der Waals surface area contributed by atoms with E-state index in [-0.39, 0.29) is 24.9 Å². The van der Waals surface area contributed by atoms with Gasteiger partial charge in [-0.3, -0.25) is 4.79 Å². The van der Waals surface area contributed by atoms with Gasteiger partial charge in [0.25, 0.3) is 16.2 Å². The molecule has 2 aromatic rings. The fraction of sp³-hybridized carbons (Fsp3) is 0.588. The van der Waals surface area contributed by atoms with Gasteiger partial charge in [-0.2, -0.15) is 17.7 Å². The molecule has 1 atom stereocenters. The lowest BCUT2D eigenvalue weighted by Crippen LogP contribution is -2.52. The number of carbonyl (C=O) groups is 1. The number of aromatic nitrogens is 2. The zero-order valence-corrected chi connectivity index (χ0v) is 16.3. The summed E-state index contributed by atoms with van der Waals surface area (Å²) in [5.74, 6) is 0.264. The van der Waals surface area contributed by atoms with Gasteiger partial charge in [0.05, 0.1) is 0 Å². The number of hydrogen-bond acceptors (Lipinski definition) is 7. The van der Waals surface area contributed by atoms with Crippen molar-refractivity contribution in [3.8, 4) is 0 Å². The van der Waals surface area contributed by atoms with Gasteiger partial charge in [-0.1, -0.05) is 0 Å². The molecule has 0 bridgehead atoms. The predicted molar refractivity (Wildman–Crippen MR) is 103 cm³/mol. The van der Waals surface area contributed by atoms with Gasteiger partial charge in [0.2, 0.25) is 11.6 Å². The van der Waals surface area contributed by atoms with Crippen LogP contribution >= 0.6 is 0 Å². The Morgan fingerprint density at radius 1 is 1.25 bits per heavy atom. The van der Waals surface area contributed by atoms with Gasteiger partial charge in [-0.25, -0.2) is 10.1 Å². The van der Waals surface area contributed by atoms with Crippen LogP contribution in [0.4, 0.5) is 6.01 Å². The number of piperidine rings is 1. The van der Waals surface area contributed by atoms with E-state index in [0.29, 0.717) is 43.3 Å². The lowest BCUT2D eigenvalue weighted by molar-refractivity contribution is -0.133. The van der Waals surface area contributed by atoms with Crippen LogP contribution in [0.15, 0.2) is 22.7 Å². The van der Waals surface area contributed by atoms with Gasteiger partial charge < -0.3 is 14.2 Å². The van der Waals surface area contributed by atoms with Gasteiger partial charge >= 0.3 is 0 Å². The molecular weight excluding hydrogens is 384 g/mol. The Labute approximate surface area is 163 Å². The van der Waals surface area contributed by atoms with Crippen molar-refractivity contribution in [2.24, 2.45) is 11.1 Å². The van der Waals surface area contributed by atoms with Crippen molar-refractivity contribution in [2.75, 3.05) is 44.2 Å². The van der Waals surface area contributed by atoms with Crippen molar-refractivity contribution in [2.45, 2.75) is 19.3 Å². The second-order valence-electron chi connectivity index (χ2n) is 7.30. The van der Waals surface area contributed by atoms with E-state index in [9.17, 15) is 13.2 Å². The van der Waals surface area contributed by atoms with E-state index in [2.05, 4.69) is 14.9 Å². The molecular formula is C17H24N6O4S. The van der Waals surface area contributed by atoms with Crippen molar-refractivity contribution in [3.05, 3.63) is 18.3 Å². The third-order valence-corrected chi connectivity index (χ3v) is 6.44. The summed E-state index contributed by atoms with van der Waals surface area (Å²) in [6.45, 7) is 2.79. The number of amides is 1. The first-order chi connectivity index (χ1) is 13.4. The van der Waals surface area contributed by atoms with Crippen LogP contribution in [0.2, 0.25) is 0 Å². The first-order valence-corrected chi connectivity index (χ1v) is 10.9. The van der Waals surface area contributed by atoms with Gasteiger partial charge in [-0.05, 0) is 30.9 Å². The molecule has 2 saturated heterocycles. The average molecular weight is 408 g/mol. The van der Waals surface area contributed by atoms with Crippen molar-refractivity contribution < 1.29 is 17.6 Å². The number of nitrogens with zero attached hydrogens (tertiary/aromatic N) is 5. The van der Waals surface area contributed by atoms with Crippen LogP contribution in [0.25, 0.3) is 11.2 Å². The molecule has 2 fully saturated rings. The highest BCUT2D eigenvalue weighted by atomic mass is 32.2. The molecule has 2 N–H and O–H groups in total. The normalized spacial score (nSPS) is 22.0.